The van der Waals surface area contributed by atoms with E-state index in [9.17, 15) is 9.50 Å². The Labute approximate surface area is 160 Å². The fraction of sp³-hybridized carbons (Fsp3) is 0.143. The van der Waals surface area contributed by atoms with Gasteiger partial charge in [0.05, 0.1) is 18.2 Å². The highest BCUT2D eigenvalue weighted by atomic mass is 32.2. The first-order valence-electron chi connectivity index (χ1n) is 8.60. The number of nitrogens with zero attached hydrogens (tertiary/aromatic N) is 2. The first-order chi connectivity index (χ1) is 13.2. The van der Waals surface area contributed by atoms with Gasteiger partial charge in [0.2, 0.25) is 0 Å². The highest BCUT2D eigenvalue weighted by Gasteiger charge is 2.20. The summed E-state index contributed by atoms with van der Waals surface area (Å²) >= 11 is 1.58. The average molecular weight is 379 g/mol. The van der Waals surface area contributed by atoms with Crippen molar-refractivity contribution < 1.29 is 9.50 Å². The van der Waals surface area contributed by atoms with Crippen molar-refractivity contribution >= 4 is 35.0 Å². The summed E-state index contributed by atoms with van der Waals surface area (Å²) in [5.74, 6) is -0.292. The van der Waals surface area contributed by atoms with Crippen molar-refractivity contribution in [1.82, 2.24) is 10.3 Å². The zero-order chi connectivity index (χ0) is 18.6. The number of aliphatic hydroxyl groups is 1. The zero-order valence-electron chi connectivity index (χ0n) is 14.4. The first kappa shape index (κ1) is 17.9. The van der Waals surface area contributed by atoms with Crippen molar-refractivity contribution in [1.29, 1.82) is 0 Å². The predicted molar refractivity (Wildman–Crippen MR) is 109 cm³/mol. The molecule has 0 aliphatic carbocycles. The molecule has 2 atom stereocenters. The largest absolute Gasteiger partial charge is 0.394 e. The molecule has 0 bridgehead atoms. The number of thioether (sulfide) groups is 1. The molecule has 136 valence electrons. The van der Waals surface area contributed by atoms with Crippen LogP contribution < -0.4 is 5.32 Å². The van der Waals surface area contributed by atoms with Crippen LogP contribution in [0.2, 0.25) is 0 Å². The van der Waals surface area contributed by atoms with Crippen LogP contribution in [0.1, 0.15) is 17.2 Å². The van der Waals surface area contributed by atoms with Gasteiger partial charge in [-0.05, 0) is 47.5 Å². The molecule has 0 fully saturated rings. The molecule has 2 N–H and O–H groups in total. The molecule has 4 nitrogen and oxygen atoms in total. The lowest BCUT2D eigenvalue weighted by molar-refractivity contribution is 0.243. The monoisotopic (exact) mass is 379 g/mol. The number of rotatable bonds is 5. The SMILES string of the molecule is OCC(NC1N=C/C(=C/c2ccc3ncccc3c2)S1)c1ccc(F)cc1. The van der Waals surface area contributed by atoms with Crippen molar-refractivity contribution in [3.63, 3.8) is 0 Å². The molecular weight excluding hydrogens is 361 g/mol. The van der Waals surface area contributed by atoms with E-state index >= 15 is 0 Å². The lowest BCUT2D eigenvalue weighted by atomic mass is 10.1. The lowest BCUT2D eigenvalue weighted by Gasteiger charge is -2.19. The van der Waals surface area contributed by atoms with Crippen molar-refractivity contribution in [2.24, 2.45) is 4.99 Å². The topological polar surface area (TPSA) is 57.5 Å². The molecule has 27 heavy (non-hydrogen) atoms. The molecule has 4 rings (SSSR count). The quantitative estimate of drug-likeness (QED) is 0.700. The third-order valence-corrected chi connectivity index (χ3v) is 5.30. The van der Waals surface area contributed by atoms with Gasteiger partial charge in [0.15, 0.2) is 5.50 Å². The Bertz CT molecular complexity index is 1000. The van der Waals surface area contributed by atoms with Crippen molar-refractivity contribution in [3.05, 3.63) is 82.6 Å². The number of fused-ring (bicyclic) bond motifs is 1. The normalized spacial score (nSPS) is 19.0. The summed E-state index contributed by atoms with van der Waals surface area (Å²) in [7, 11) is 0. The molecule has 0 saturated carbocycles. The van der Waals surface area contributed by atoms with Crippen LogP contribution in [0.3, 0.4) is 0 Å². The van der Waals surface area contributed by atoms with Gasteiger partial charge >= 0.3 is 0 Å². The van der Waals surface area contributed by atoms with Crippen LogP contribution in [0.15, 0.2) is 70.7 Å². The number of halogens is 1. The Hall–Kier alpha value is -2.54. The second-order valence-electron chi connectivity index (χ2n) is 6.20. The average Bonchev–Trinajstić information content (AvgIpc) is 3.14. The van der Waals surface area contributed by atoms with Crippen LogP contribution >= 0.6 is 11.8 Å². The molecule has 2 aromatic carbocycles. The fourth-order valence-corrected chi connectivity index (χ4v) is 3.89. The number of aliphatic imine (C=N–C) groups is 1. The molecule has 2 unspecified atom stereocenters. The smallest absolute Gasteiger partial charge is 0.151 e. The Kier molecular flexibility index (Phi) is 5.29. The number of hydrogen-bond acceptors (Lipinski definition) is 5. The maximum atomic E-state index is 13.1. The van der Waals surface area contributed by atoms with Gasteiger partial charge in [-0.1, -0.05) is 36.0 Å². The Morgan fingerprint density at radius 2 is 2.04 bits per heavy atom. The van der Waals surface area contributed by atoms with Crippen LogP contribution in [0.4, 0.5) is 4.39 Å². The first-order valence-corrected chi connectivity index (χ1v) is 9.48. The second-order valence-corrected chi connectivity index (χ2v) is 7.36. The molecule has 1 aromatic heterocycles. The molecule has 1 aliphatic rings. The minimum Gasteiger partial charge on any atom is -0.394 e. The van der Waals surface area contributed by atoms with Gasteiger partial charge < -0.3 is 5.11 Å². The number of pyridine rings is 1. The maximum Gasteiger partial charge on any atom is 0.151 e. The van der Waals surface area contributed by atoms with Crippen molar-refractivity contribution in [3.8, 4) is 0 Å². The number of benzene rings is 2. The predicted octanol–water partition coefficient (Wildman–Crippen LogP) is 4.14. The fourth-order valence-electron chi connectivity index (χ4n) is 2.95. The molecule has 0 amide bonds. The van der Waals surface area contributed by atoms with Gasteiger partial charge in [0.25, 0.3) is 0 Å². The summed E-state index contributed by atoms with van der Waals surface area (Å²) in [6, 6.07) is 15.9. The second kappa shape index (κ2) is 8.00. The van der Waals surface area contributed by atoms with E-state index in [1.807, 2.05) is 30.5 Å². The van der Waals surface area contributed by atoms with E-state index < -0.39 is 0 Å². The number of nitrogens with one attached hydrogen (secondary N) is 1. The summed E-state index contributed by atoms with van der Waals surface area (Å²) in [6.45, 7) is -0.0884. The van der Waals surface area contributed by atoms with Crippen LogP contribution in [0, 0.1) is 5.82 Å². The molecule has 0 radical (unpaired) electrons. The maximum absolute atomic E-state index is 13.1. The number of aliphatic hydroxyl groups excluding tert-OH is 1. The van der Waals surface area contributed by atoms with Crippen LogP contribution in [-0.4, -0.2) is 28.4 Å². The van der Waals surface area contributed by atoms with E-state index in [0.29, 0.717) is 0 Å². The number of hydrogen-bond donors (Lipinski definition) is 2. The lowest BCUT2D eigenvalue weighted by Crippen LogP contribution is -2.30. The summed E-state index contributed by atoms with van der Waals surface area (Å²) in [5.41, 5.74) is 2.69. The molecule has 6 heteroatoms. The molecular formula is C21H18FN3OS. The summed E-state index contributed by atoms with van der Waals surface area (Å²) in [4.78, 5) is 9.83. The minimum atomic E-state index is -0.300. The van der Waals surface area contributed by atoms with E-state index in [0.717, 1.165) is 26.9 Å². The number of aromatic nitrogens is 1. The van der Waals surface area contributed by atoms with E-state index in [1.54, 1.807) is 30.1 Å². The van der Waals surface area contributed by atoms with E-state index in [4.69, 9.17) is 0 Å². The van der Waals surface area contributed by atoms with Gasteiger partial charge in [0, 0.05) is 22.7 Å². The van der Waals surface area contributed by atoms with Gasteiger partial charge in [-0.25, -0.2) is 4.39 Å². The van der Waals surface area contributed by atoms with Gasteiger partial charge in [0.1, 0.15) is 5.82 Å². The van der Waals surface area contributed by atoms with Gasteiger partial charge in [-0.2, -0.15) is 0 Å². The highest BCUT2D eigenvalue weighted by molar-refractivity contribution is 8.04. The summed E-state index contributed by atoms with van der Waals surface area (Å²) in [6.07, 6.45) is 5.69. The molecule has 3 aromatic rings. The van der Waals surface area contributed by atoms with E-state index in [-0.39, 0.29) is 24.0 Å². The van der Waals surface area contributed by atoms with Crippen molar-refractivity contribution in [2.45, 2.75) is 11.5 Å². The van der Waals surface area contributed by atoms with E-state index in [2.05, 4.69) is 27.4 Å². The Morgan fingerprint density at radius 3 is 2.85 bits per heavy atom. The molecule has 2 heterocycles. The van der Waals surface area contributed by atoms with E-state index in [1.165, 1.54) is 12.1 Å². The number of allylic oxidation sites excluding steroid dienone is 1. The van der Waals surface area contributed by atoms with Gasteiger partial charge in [-0.3, -0.25) is 15.3 Å². The van der Waals surface area contributed by atoms with Crippen LogP contribution in [-0.2, 0) is 0 Å². The van der Waals surface area contributed by atoms with Crippen LogP contribution in [0.25, 0.3) is 17.0 Å². The minimum absolute atomic E-state index is 0.0884. The summed E-state index contributed by atoms with van der Waals surface area (Å²) in [5, 5.41) is 14.1. The molecule has 1 aliphatic heterocycles. The van der Waals surface area contributed by atoms with Crippen LogP contribution in [0.5, 0.6) is 0 Å². The summed E-state index contributed by atoms with van der Waals surface area (Å²) < 4.78 is 13.1. The molecule has 0 saturated heterocycles. The molecule has 0 spiro atoms. The third kappa shape index (κ3) is 4.24. The Morgan fingerprint density at radius 1 is 1.19 bits per heavy atom. The highest BCUT2D eigenvalue weighted by Crippen LogP contribution is 2.30. The van der Waals surface area contributed by atoms with Crippen molar-refractivity contribution in [2.75, 3.05) is 6.61 Å². The Balaban J connectivity index is 1.45. The third-order valence-electron chi connectivity index (χ3n) is 4.32. The zero-order valence-corrected chi connectivity index (χ0v) is 15.2. The standard InChI is InChI=1S/C21H18FN3OS/c22-17-6-4-15(5-7-17)20(13-26)25-21-24-12-18(27-21)11-14-3-8-19-16(10-14)2-1-9-23-19/h1-12,20-21,25-26H,13H2/b18-11-. The van der Waals surface area contributed by atoms with Gasteiger partial charge in [-0.15, -0.1) is 0 Å².